The van der Waals surface area contributed by atoms with Crippen molar-refractivity contribution >= 4 is 17.5 Å². The molecule has 2 aromatic carbocycles. The van der Waals surface area contributed by atoms with Crippen LogP contribution >= 0.6 is 0 Å². The van der Waals surface area contributed by atoms with Gasteiger partial charge in [-0.3, -0.25) is 9.59 Å². The quantitative estimate of drug-likeness (QED) is 0.830. The highest BCUT2D eigenvalue weighted by Gasteiger charge is 2.18. The Bertz CT molecular complexity index is 744. The zero-order valence-corrected chi connectivity index (χ0v) is 15.9. The molecule has 0 saturated carbocycles. The molecular weight excluding hydrogens is 326 g/mol. The van der Waals surface area contributed by atoms with Crippen LogP contribution in [0.15, 0.2) is 54.6 Å². The Labute approximate surface area is 155 Å². The first-order chi connectivity index (χ1) is 12.4. The van der Waals surface area contributed by atoms with E-state index in [-0.39, 0.29) is 17.9 Å². The lowest BCUT2D eigenvalue weighted by Crippen LogP contribution is -2.32. The third-order valence-corrected chi connectivity index (χ3v) is 4.41. The fourth-order valence-corrected chi connectivity index (χ4v) is 2.60. The molecule has 0 saturated heterocycles. The van der Waals surface area contributed by atoms with Gasteiger partial charge in [0.05, 0.1) is 6.04 Å². The maximum atomic E-state index is 12.3. The molecule has 0 unspecified atom stereocenters. The normalized spacial score (nSPS) is 11.9. The third kappa shape index (κ3) is 5.43. The summed E-state index contributed by atoms with van der Waals surface area (Å²) in [5.41, 5.74) is 2.32. The van der Waals surface area contributed by atoms with E-state index in [1.54, 1.807) is 17.0 Å². The number of nitrogens with zero attached hydrogens (tertiary/aromatic N) is 2. The van der Waals surface area contributed by atoms with Gasteiger partial charge >= 0.3 is 0 Å². The highest BCUT2D eigenvalue weighted by Crippen LogP contribution is 2.23. The monoisotopic (exact) mass is 353 g/mol. The third-order valence-electron chi connectivity index (χ3n) is 4.41. The zero-order valence-electron chi connectivity index (χ0n) is 15.9. The van der Waals surface area contributed by atoms with Crippen molar-refractivity contribution in [1.29, 1.82) is 0 Å². The molecule has 26 heavy (non-hydrogen) atoms. The molecule has 0 aliphatic carbocycles. The van der Waals surface area contributed by atoms with E-state index in [4.69, 9.17) is 0 Å². The topological polar surface area (TPSA) is 52.7 Å². The minimum atomic E-state index is -0.147. The summed E-state index contributed by atoms with van der Waals surface area (Å²) in [6, 6.07) is 16.7. The van der Waals surface area contributed by atoms with Crippen LogP contribution in [-0.2, 0) is 4.79 Å². The summed E-state index contributed by atoms with van der Waals surface area (Å²) in [6.07, 6.45) is 0.484. The number of carbonyl (C=O) groups is 2. The highest BCUT2D eigenvalue weighted by molar-refractivity contribution is 6.04. The Morgan fingerprint density at radius 2 is 1.69 bits per heavy atom. The summed E-state index contributed by atoms with van der Waals surface area (Å²) in [5.74, 6) is -0.0456. The van der Waals surface area contributed by atoms with Crippen molar-refractivity contribution in [3.8, 4) is 0 Å². The second-order valence-electron chi connectivity index (χ2n) is 6.68. The highest BCUT2D eigenvalue weighted by atomic mass is 16.2. The molecule has 2 amide bonds. The Morgan fingerprint density at radius 1 is 1.00 bits per heavy atom. The minimum absolute atomic E-state index is 0.0711. The minimum Gasteiger partial charge on any atom is -0.339 e. The Hall–Kier alpha value is -2.66. The molecule has 5 nitrogen and oxygen atoms in total. The van der Waals surface area contributed by atoms with Crippen molar-refractivity contribution in [1.82, 2.24) is 9.80 Å². The number of benzene rings is 2. The van der Waals surface area contributed by atoms with E-state index in [0.29, 0.717) is 12.0 Å². The molecule has 0 heterocycles. The molecule has 2 rings (SSSR count). The van der Waals surface area contributed by atoms with Gasteiger partial charge in [-0.15, -0.1) is 0 Å². The van der Waals surface area contributed by atoms with Crippen molar-refractivity contribution < 1.29 is 9.59 Å². The predicted octanol–water partition coefficient (Wildman–Crippen LogP) is 3.41. The molecule has 0 bridgehead atoms. The molecule has 0 aliphatic rings. The summed E-state index contributed by atoms with van der Waals surface area (Å²) in [5, 5.41) is 2.91. The van der Waals surface area contributed by atoms with Crippen LogP contribution in [-0.4, -0.2) is 49.3 Å². The van der Waals surface area contributed by atoms with Crippen LogP contribution in [0.5, 0.6) is 0 Å². The van der Waals surface area contributed by atoms with Gasteiger partial charge in [-0.25, -0.2) is 0 Å². The van der Waals surface area contributed by atoms with Crippen molar-refractivity contribution in [2.45, 2.75) is 19.4 Å². The second kappa shape index (κ2) is 9.15. The number of nitrogens with one attached hydrogen (secondary N) is 1. The maximum absolute atomic E-state index is 12.3. The fourth-order valence-electron chi connectivity index (χ4n) is 2.60. The first kappa shape index (κ1) is 19.7. The zero-order chi connectivity index (χ0) is 19.1. The van der Waals surface area contributed by atoms with Gasteiger partial charge < -0.3 is 15.1 Å². The molecule has 1 N–H and O–H groups in total. The summed E-state index contributed by atoms with van der Waals surface area (Å²) in [6.45, 7) is 2.72. The Balaban J connectivity index is 2.05. The molecule has 138 valence electrons. The van der Waals surface area contributed by atoms with Gasteiger partial charge in [0.15, 0.2) is 0 Å². The smallest absolute Gasteiger partial charge is 0.255 e. The average molecular weight is 353 g/mol. The van der Waals surface area contributed by atoms with Gasteiger partial charge in [0.2, 0.25) is 5.91 Å². The lowest BCUT2D eigenvalue weighted by atomic mass is 10.1. The number of carbonyl (C=O) groups excluding carboxylic acids is 2. The van der Waals surface area contributed by atoms with Gasteiger partial charge in [0, 0.05) is 31.3 Å². The van der Waals surface area contributed by atoms with Crippen molar-refractivity contribution in [2.75, 3.05) is 33.0 Å². The summed E-state index contributed by atoms with van der Waals surface area (Å²) < 4.78 is 0. The second-order valence-corrected chi connectivity index (χ2v) is 6.68. The molecule has 0 aromatic heterocycles. The van der Waals surface area contributed by atoms with Gasteiger partial charge in [0.25, 0.3) is 5.91 Å². The van der Waals surface area contributed by atoms with Crippen molar-refractivity contribution in [3.63, 3.8) is 0 Å². The Morgan fingerprint density at radius 3 is 2.35 bits per heavy atom. The number of amides is 2. The number of hydrogen-bond donors (Lipinski definition) is 1. The average Bonchev–Trinajstić information content (AvgIpc) is 2.65. The van der Waals surface area contributed by atoms with Gasteiger partial charge in [-0.05, 0) is 50.8 Å². The first-order valence-corrected chi connectivity index (χ1v) is 8.75. The van der Waals surface area contributed by atoms with E-state index in [0.717, 1.165) is 17.8 Å². The molecule has 1 atom stereocenters. The van der Waals surface area contributed by atoms with E-state index in [1.807, 2.05) is 75.4 Å². The SMILES string of the molecule is C[C@H](c1cccc(NC(=O)c2ccccc2)c1)N(C)C(=O)CCN(C)C. The van der Waals surface area contributed by atoms with E-state index in [9.17, 15) is 9.59 Å². The Kier molecular flexibility index (Phi) is 6.92. The maximum Gasteiger partial charge on any atom is 0.255 e. The molecule has 0 aliphatic heterocycles. The van der Waals surface area contributed by atoms with Crippen LogP contribution < -0.4 is 5.32 Å². The summed E-state index contributed by atoms with van der Waals surface area (Å²) in [7, 11) is 5.73. The molecular formula is C21H27N3O2. The standard InChI is InChI=1S/C21H27N3O2/c1-16(24(4)20(25)13-14-23(2)3)18-11-8-12-19(15-18)22-21(26)17-9-6-5-7-10-17/h5-12,15-16H,13-14H2,1-4H3,(H,22,26)/t16-/m1/s1. The number of hydrogen-bond acceptors (Lipinski definition) is 3. The van der Waals surface area contributed by atoms with E-state index in [2.05, 4.69) is 5.32 Å². The predicted molar refractivity (Wildman–Crippen MR) is 105 cm³/mol. The molecule has 5 heteroatoms. The van der Waals surface area contributed by atoms with Crippen LogP contribution in [0, 0.1) is 0 Å². The summed E-state index contributed by atoms with van der Waals surface area (Å²) in [4.78, 5) is 28.4. The van der Waals surface area contributed by atoms with E-state index < -0.39 is 0 Å². The van der Waals surface area contributed by atoms with Gasteiger partial charge in [-0.2, -0.15) is 0 Å². The lowest BCUT2D eigenvalue weighted by molar-refractivity contribution is -0.132. The molecule has 2 aromatic rings. The van der Waals surface area contributed by atoms with Crippen LogP contribution in [0.2, 0.25) is 0 Å². The molecule has 0 spiro atoms. The van der Waals surface area contributed by atoms with Crippen LogP contribution in [0.1, 0.15) is 35.3 Å². The largest absolute Gasteiger partial charge is 0.339 e. The van der Waals surface area contributed by atoms with Crippen molar-refractivity contribution in [3.05, 3.63) is 65.7 Å². The number of rotatable bonds is 7. The lowest BCUT2D eigenvalue weighted by Gasteiger charge is -2.26. The van der Waals surface area contributed by atoms with Crippen molar-refractivity contribution in [2.24, 2.45) is 0 Å². The van der Waals surface area contributed by atoms with E-state index >= 15 is 0 Å². The first-order valence-electron chi connectivity index (χ1n) is 8.75. The van der Waals surface area contributed by atoms with Crippen LogP contribution in [0.25, 0.3) is 0 Å². The van der Waals surface area contributed by atoms with Gasteiger partial charge in [0.1, 0.15) is 0 Å². The summed E-state index contributed by atoms with van der Waals surface area (Å²) >= 11 is 0. The van der Waals surface area contributed by atoms with Crippen LogP contribution in [0.4, 0.5) is 5.69 Å². The van der Waals surface area contributed by atoms with Crippen LogP contribution in [0.3, 0.4) is 0 Å². The fraction of sp³-hybridized carbons (Fsp3) is 0.333. The number of anilines is 1. The molecule has 0 radical (unpaired) electrons. The van der Waals surface area contributed by atoms with E-state index in [1.165, 1.54) is 0 Å². The molecule has 0 fully saturated rings. The van der Waals surface area contributed by atoms with Gasteiger partial charge in [-0.1, -0.05) is 30.3 Å².